The number of hydrogen-bond acceptors (Lipinski definition) is 4. The molecule has 1 atom stereocenters. The van der Waals surface area contributed by atoms with Crippen LogP contribution in [0.2, 0.25) is 5.02 Å². The van der Waals surface area contributed by atoms with E-state index in [2.05, 4.69) is 15.7 Å². The molecule has 3 aromatic rings. The Hall–Kier alpha value is -3.06. The van der Waals surface area contributed by atoms with Crippen LogP contribution < -0.4 is 10.6 Å². The Labute approximate surface area is 167 Å². The van der Waals surface area contributed by atoms with Crippen LogP contribution in [0.3, 0.4) is 0 Å². The average Bonchev–Trinajstić information content (AvgIpc) is 3.29. The minimum absolute atomic E-state index is 0.149. The van der Waals surface area contributed by atoms with Gasteiger partial charge >= 0.3 is 11.8 Å². The second-order valence-corrected chi connectivity index (χ2v) is 6.89. The molecule has 146 valence electrons. The molecule has 2 amide bonds. The highest BCUT2D eigenvalue weighted by molar-refractivity contribution is 6.40. The maximum Gasteiger partial charge on any atom is 0.313 e. The molecule has 28 heavy (non-hydrogen) atoms. The molecule has 0 spiro atoms. The maximum atomic E-state index is 12.3. The monoisotopic (exact) mass is 400 g/mol. The molecule has 0 fully saturated rings. The number of nitrogens with one attached hydrogen (secondary N) is 2. The first kappa shape index (κ1) is 19.7. The quantitative estimate of drug-likeness (QED) is 0.642. The van der Waals surface area contributed by atoms with Gasteiger partial charge in [0.05, 0.1) is 12.0 Å². The van der Waals surface area contributed by atoms with Crippen molar-refractivity contribution in [3.05, 3.63) is 70.4 Å². The van der Waals surface area contributed by atoms with Crippen LogP contribution in [-0.2, 0) is 9.59 Å². The summed E-state index contributed by atoms with van der Waals surface area (Å²) < 4.78 is 7.28. The lowest BCUT2D eigenvalue weighted by molar-refractivity contribution is -0.136. The fourth-order valence-corrected chi connectivity index (χ4v) is 3.12. The molecule has 2 aromatic heterocycles. The third kappa shape index (κ3) is 4.26. The highest BCUT2D eigenvalue weighted by Gasteiger charge is 2.23. The molecule has 0 aliphatic rings. The third-order valence-electron chi connectivity index (χ3n) is 4.39. The zero-order valence-electron chi connectivity index (χ0n) is 15.8. The van der Waals surface area contributed by atoms with Gasteiger partial charge in [0, 0.05) is 22.9 Å². The SMILES string of the molecule is Cc1cc(C)n(C(CNC(=O)C(=O)Nc2cccc(Cl)c2C)c2ccco2)n1. The van der Waals surface area contributed by atoms with Crippen molar-refractivity contribution >= 4 is 29.1 Å². The smallest absolute Gasteiger partial charge is 0.313 e. The van der Waals surface area contributed by atoms with Crippen LogP contribution in [0, 0.1) is 20.8 Å². The molecule has 1 aromatic carbocycles. The number of carbonyl (C=O) groups is 2. The molecule has 3 rings (SSSR count). The van der Waals surface area contributed by atoms with Gasteiger partial charge in [-0.3, -0.25) is 14.3 Å². The molecular formula is C20H21ClN4O3. The number of halogens is 1. The Morgan fingerprint density at radius 2 is 1.96 bits per heavy atom. The van der Waals surface area contributed by atoms with Gasteiger partial charge < -0.3 is 15.1 Å². The summed E-state index contributed by atoms with van der Waals surface area (Å²) in [5, 5.41) is 10.2. The minimum atomic E-state index is -0.767. The van der Waals surface area contributed by atoms with Crippen molar-refractivity contribution in [1.29, 1.82) is 0 Å². The summed E-state index contributed by atoms with van der Waals surface area (Å²) in [4.78, 5) is 24.6. The van der Waals surface area contributed by atoms with Gasteiger partial charge in [-0.25, -0.2) is 0 Å². The van der Waals surface area contributed by atoms with Gasteiger partial charge in [0.2, 0.25) is 0 Å². The number of anilines is 1. The van der Waals surface area contributed by atoms with E-state index in [1.54, 1.807) is 42.1 Å². The summed E-state index contributed by atoms with van der Waals surface area (Å²) in [7, 11) is 0. The minimum Gasteiger partial charge on any atom is -0.467 e. The van der Waals surface area contributed by atoms with E-state index in [1.807, 2.05) is 26.0 Å². The molecule has 2 heterocycles. The second-order valence-electron chi connectivity index (χ2n) is 6.48. The highest BCUT2D eigenvalue weighted by Crippen LogP contribution is 2.23. The normalized spacial score (nSPS) is 11.9. The van der Waals surface area contributed by atoms with Gasteiger partial charge in [-0.15, -0.1) is 0 Å². The van der Waals surface area contributed by atoms with E-state index >= 15 is 0 Å². The third-order valence-corrected chi connectivity index (χ3v) is 4.80. The van der Waals surface area contributed by atoms with Crippen LogP contribution in [0.4, 0.5) is 5.69 Å². The van der Waals surface area contributed by atoms with Crippen LogP contribution >= 0.6 is 11.6 Å². The molecule has 0 radical (unpaired) electrons. The summed E-state index contributed by atoms with van der Waals surface area (Å²) in [5.41, 5.74) is 2.97. The van der Waals surface area contributed by atoms with Gasteiger partial charge in [-0.1, -0.05) is 17.7 Å². The average molecular weight is 401 g/mol. The lowest BCUT2D eigenvalue weighted by Crippen LogP contribution is -2.39. The number of aromatic nitrogens is 2. The van der Waals surface area contributed by atoms with E-state index in [-0.39, 0.29) is 12.6 Å². The fourth-order valence-electron chi connectivity index (χ4n) is 2.94. The van der Waals surface area contributed by atoms with Gasteiger partial charge in [-0.05, 0) is 56.7 Å². The number of amides is 2. The molecule has 0 aliphatic heterocycles. The van der Waals surface area contributed by atoms with Gasteiger partial charge in [0.1, 0.15) is 11.8 Å². The predicted octanol–water partition coefficient (Wildman–Crippen LogP) is 3.40. The van der Waals surface area contributed by atoms with E-state index in [0.717, 1.165) is 11.4 Å². The van der Waals surface area contributed by atoms with Crippen molar-refractivity contribution in [2.75, 3.05) is 11.9 Å². The second kappa shape index (κ2) is 8.31. The first-order chi connectivity index (χ1) is 13.4. The summed E-state index contributed by atoms with van der Waals surface area (Å²) in [6.07, 6.45) is 1.56. The van der Waals surface area contributed by atoms with Gasteiger partial charge in [0.25, 0.3) is 0 Å². The Bertz CT molecular complexity index is 995. The van der Waals surface area contributed by atoms with Crippen molar-refractivity contribution in [3.8, 4) is 0 Å². The lowest BCUT2D eigenvalue weighted by Gasteiger charge is -2.18. The topological polar surface area (TPSA) is 89.2 Å². The summed E-state index contributed by atoms with van der Waals surface area (Å²) >= 11 is 6.05. The maximum absolute atomic E-state index is 12.3. The molecule has 0 aliphatic carbocycles. The number of aryl methyl sites for hydroxylation is 2. The molecule has 0 saturated carbocycles. The molecule has 1 unspecified atom stereocenters. The molecule has 0 bridgehead atoms. The Morgan fingerprint density at radius 1 is 1.18 bits per heavy atom. The molecule has 0 saturated heterocycles. The molecule has 8 heteroatoms. The number of benzene rings is 1. The summed E-state index contributed by atoms with van der Waals surface area (Å²) in [5.74, 6) is -0.882. The molecule has 2 N–H and O–H groups in total. The van der Waals surface area contributed by atoms with E-state index in [9.17, 15) is 9.59 Å². The Balaban J connectivity index is 1.71. The van der Waals surface area contributed by atoms with Crippen LogP contribution in [0.5, 0.6) is 0 Å². The summed E-state index contributed by atoms with van der Waals surface area (Å²) in [6.45, 7) is 5.73. The van der Waals surface area contributed by atoms with Crippen molar-refractivity contribution in [2.45, 2.75) is 26.8 Å². The molecular weight excluding hydrogens is 380 g/mol. The highest BCUT2D eigenvalue weighted by atomic mass is 35.5. The predicted molar refractivity (Wildman–Crippen MR) is 106 cm³/mol. The Kier molecular flexibility index (Phi) is 5.84. The van der Waals surface area contributed by atoms with E-state index in [4.69, 9.17) is 16.0 Å². The number of nitrogens with zero attached hydrogens (tertiary/aromatic N) is 2. The number of furan rings is 1. The van der Waals surface area contributed by atoms with Crippen molar-refractivity contribution in [1.82, 2.24) is 15.1 Å². The number of carbonyl (C=O) groups excluding carboxylic acids is 2. The molecule has 7 nitrogen and oxygen atoms in total. The van der Waals surface area contributed by atoms with Gasteiger partial charge in [-0.2, -0.15) is 5.10 Å². The van der Waals surface area contributed by atoms with E-state index in [1.165, 1.54) is 0 Å². The van der Waals surface area contributed by atoms with Crippen LogP contribution in [0.25, 0.3) is 0 Å². The number of hydrogen-bond donors (Lipinski definition) is 2. The van der Waals surface area contributed by atoms with Gasteiger partial charge in [0.15, 0.2) is 0 Å². The lowest BCUT2D eigenvalue weighted by atomic mass is 10.2. The van der Waals surface area contributed by atoms with Crippen molar-refractivity contribution in [3.63, 3.8) is 0 Å². The van der Waals surface area contributed by atoms with Crippen LogP contribution in [-0.4, -0.2) is 28.1 Å². The van der Waals surface area contributed by atoms with Crippen molar-refractivity contribution < 1.29 is 14.0 Å². The Morgan fingerprint density at radius 3 is 2.61 bits per heavy atom. The number of rotatable bonds is 5. The summed E-state index contributed by atoms with van der Waals surface area (Å²) in [6, 6.07) is 10.3. The van der Waals surface area contributed by atoms with Crippen molar-refractivity contribution in [2.24, 2.45) is 0 Å². The van der Waals surface area contributed by atoms with E-state index < -0.39 is 11.8 Å². The largest absolute Gasteiger partial charge is 0.467 e. The zero-order valence-corrected chi connectivity index (χ0v) is 16.6. The van der Waals surface area contributed by atoms with Crippen LogP contribution in [0.15, 0.2) is 47.1 Å². The zero-order chi connectivity index (χ0) is 20.3. The van der Waals surface area contributed by atoms with E-state index in [0.29, 0.717) is 22.0 Å². The van der Waals surface area contributed by atoms with Crippen LogP contribution in [0.1, 0.15) is 28.8 Å². The first-order valence-electron chi connectivity index (χ1n) is 8.77. The fraction of sp³-hybridized carbons (Fsp3) is 0.250. The standard InChI is InChI=1S/C20H21ClN4O3/c1-12-10-13(2)25(24-12)17(18-8-5-9-28-18)11-22-19(26)20(27)23-16-7-4-6-15(21)14(16)3/h4-10,17H,11H2,1-3H3,(H,22,26)(H,23,27). The first-order valence-corrected chi connectivity index (χ1v) is 9.15.